The fraction of sp³-hybridized carbons (Fsp3) is 0.357. The number of anilines is 1. The number of piperazine rings is 1. The molecule has 1 fully saturated rings. The number of benzene rings is 1. The smallest absolute Gasteiger partial charge is 0.123 e. The monoisotopic (exact) mass is 260 g/mol. The van der Waals surface area contributed by atoms with Gasteiger partial charge in [0.2, 0.25) is 0 Å². The lowest BCUT2D eigenvalue weighted by Gasteiger charge is -2.28. The standard InChI is InChI=1S/C14H17FN4/c1-11-14(18-8-6-16-7-9-18)10-17-19(11)13-4-2-12(15)3-5-13/h2-5,10,16H,6-9H2,1H3. The van der Waals surface area contributed by atoms with E-state index in [1.165, 1.54) is 12.1 Å². The molecule has 1 saturated heterocycles. The molecule has 0 atom stereocenters. The lowest BCUT2D eigenvalue weighted by Crippen LogP contribution is -2.43. The van der Waals surface area contributed by atoms with Crippen molar-refractivity contribution in [2.24, 2.45) is 0 Å². The highest BCUT2D eigenvalue weighted by Gasteiger charge is 2.16. The predicted octanol–water partition coefficient (Wildman–Crippen LogP) is 1.73. The van der Waals surface area contributed by atoms with Gasteiger partial charge in [-0.1, -0.05) is 0 Å². The van der Waals surface area contributed by atoms with Crippen molar-refractivity contribution >= 4 is 5.69 Å². The fourth-order valence-corrected chi connectivity index (χ4v) is 2.46. The van der Waals surface area contributed by atoms with Crippen LogP contribution in [0.2, 0.25) is 0 Å². The molecule has 2 heterocycles. The average molecular weight is 260 g/mol. The van der Waals surface area contributed by atoms with E-state index < -0.39 is 0 Å². The molecule has 0 spiro atoms. The third-order valence-electron chi connectivity index (χ3n) is 3.51. The molecule has 1 N–H and O–H groups in total. The highest BCUT2D eigenvalue weighted by Crippen LogP contribution is 2.22. The van der Waals surface area contributed by atoms with Crippen LogP contribution in [0.25, 0.3) is 5.69 Å². The molecular weight excluding hydrogens is 243 g/mol. The number of hydrogen-bond acceptors (Lipinski definition) is 3. The zero-order chi connectivity index (χ0) is 13.2. The van der Waals surface area contributed by atoms with Crippen LogP contribution in [-0.2, 0) is 0 Å². The molecule has 0 aliphatic carbocycles. The van der Waals surface area contributed by atoms with Crippen LogP contribution in [-0.4, -0.2) is 36.0 Å². The fourth-order valence-electron chi connectivity index (χ4n) is 2.46. The van der Waals surface area contributed by atoms with Crippen molar-refractivity contribution in [3.8, 4) is 5.69 Å². The Bertz CT molecular complexity index is 555. The molecule has 19 heavy (non-hydrogen) atoms. The summed E-state index contributed by atoms with van der Waals surface area (Å²) in [6, 6.07) is 6.41. The summed E-state index contributed by atoms with van der Waals surface area (Å²) in [4.78, 5) is 2.33. The van der Waals surface area contributed by atoms with Gasteiger partial charge in [0.05, 0.1) is 23.3 Å². The minimum absolute atomic E-state index is 0.226. The maximum Gasteiger partial charge on any atom is 0.123 e. The normalized spacial score (nSPS) is 15.8. The molecule has 1 aromatic heterocycles. The number of nitrogens with zero attached hydrogens (tertiary/aromatic N) is 3. The van der Waals surface area contributed by atoms with Crippen molar-refractivity contribution in [1.29, 1.82) is 0 Å². The molecule has 0 unspecified atom stereocenters. The molecule has 3 rings (SSSR count). The van der Waals surface area contributed by atoms with Crippen LogP contribution >= 0.6 is 0 Å². The van der Waals surface area contributed by atoms with E-state index in [0.717, 1.165) is 43.2 Å². The van der Waals surface area contributed by atoms with Crippen LogP contribution in [0.4, 0.5) is 10.1 Å². The molecule has 100 valence electrons. The molecule has 1 aliphatic rings. The third-order valence-corrected chi connectivity index (χ3v) is 3.51. The minimum Gasteiger partial charge on any atom is -0.366 e. The van der Waals surface area contributed by atoms with Gasteiger partial charge in [0.15, 0.2) is 0 Å². The molecule has 2 aromatic rings. The van der Waals surface area contributed by atoms with Gasteiger partial charge in [-0.05, 0) is 31.2 Å². The zero-order valence-corrected chi connectivity index (χ0v) is 10.9. The minimum atomic E-state index is -0.226. The van der Waals surface area contributed by atoms with Crippen LogP contribution in [0.3, 0.4) is 0 Å². The summed E-state index contributed by atoms with van der Waals surface area (Å²) < 4.78 is 14.8. The van der Waals surface area contributed by atoms with Crippen molar-refractivity contribution < 1.29 is 4.39 Å². The average Bonchev–Trinajstić information content (AvgIpc) is 2.83. The van der Waals surface area contributed by atoms with Gasteiger partial charge in [-0.2, -0.15) is 5.10 Å². The molecule has 1 aromatic carbocycles. The van der Waals surface area contributed by atoms with Gasteiger partial charge >= 0.3 is 0 Å². The summed E-state index contributed by atoms with van der Waals surface area (Å²) in [6.07, 6.45) is 1.89. The van der Waals surface area contributed by atoms with Crippen molar-refractivity contribution in [2.75, 3.05) is 31.1 Å². The molecule has 0 amide bonds. The van der Waals surface area contributed by atoms with Gasteiger partial charge in [-0.15, -0.1) is 0 Å². The summed E-state index contributed by atoms with van der Waals surface area (Å²) in [7, 11) is 0. The lowest BCUT2D eigenvalue weighted by atomic mass is 10.2. The molecule has 0 radical (unpaired) electrons. The number of hydrogen-bond donors (Lipinski definition) is 1. The second kappa shape index (κ2) is 5.01. The maximum absolute atomic E-state index is 13.0. The Hall–Kier alpha value is -1.88. The van der Waals surface area contributed by atoms with Gasteiger partial charge in [0.25, 0.3) is 0 Å². The van der Waals surface area contributed by atoms with E-state index in [-0.39, 0.29) is 5.82 Å². The van der Waals surface area contributed by atoms with Crippen LogP contribution in [0.1, 0.15) is 5.69 Å². The van der Waals surface area contributed by atoms with Gasteiger partial charge in [-0.25, -0.2) is 9.07 Å². The molecular formula is C14H17FN4. The van der Waals surface area contributed by atoms with Crippen LogP contribution < -0.4 is 10.2 Å². The van der Waals surface area contributed by atoms with E-state index in [2.05, 4.69) is 15.3 Å². The van der Waals surface area contributed by atoms with Crippen molar-refractivity contribution in [2.45, 2.75) is 6.92 Å². The molecule has 5 heteroatoms. The Morgan fingerprint density at radius 3 is 2.53 bits per heavy atom. The Morgan fingerprint density at radius 2 is 1.84 bits per heavy atom. The number of aromatic nitrogens is 2. The second-order valence-electron chi connectivity index (χ2n) is 4.74. The van der Waals surface area contributed by atoms with Crippen molar-refractivity contribution in [1.82, 2.24) is 15.1 Å². The summed E-state index contributed by atoms with van der Waals surface area (Å²) >= 11 is 0. The molecule has 1 aliphatic heterocycles. The second-order valence-corrected chi connectivity index (χ2v) is 4.74. The van der Waals surface area contributed by atoms with E-state index >= 15 is 0 Å². The topological polar surface area (TPSA) is 33.1 Å². The quantitative estimate of drug-likeness (QED) is 0.892. The van der Waals surface area contributed by atoms with E-state index in [1.807, 2.05) is 17.8 Å². The largest absolute Gasteiger partial charge is 0.366 e. The lowest BCUT2D eigenvalue weighted by molar-refractivity contribution is 0.588. The first kappa shape index (κ1) is 12.2. The third kappa shape index (κ3) is 2.33. The first-order valence-electron chi connectivity index (χ1n) is 6.52. The first-order chi connectivity index (χ1) is 9.25. The maximum atomic E-state index is 13.0. The van der Waals surface area contributed by atoms with E-state index in [1.54, 1.807) is 12.1 Å². The summed E-state index contributed by atoms with van der Waals surface area (Å²) in [6.45, 7) is 6.04. The zero-order valence-electron chi connectivity index (χ0n) is 10.9. The Labute approximate surface area is 111 Å². The van der Waals surface area contributed by atoms with Gasteiger partial charge in [0, 0.05) is 26.2 Å². The van der Waals surface area contributed by atoms with Gasteiger partial charge in [-0.3, -0.25) is 0 Å². The van der Waals surface area contributed by atoms with E-state index in [9.17, 15) is 4.39 Å². The molecule has 4 nitrogen and oxygen atoms in total. The highest BCUT2D eigenvalue weighted by atomic mass is 19.1. The van der Waals surface area contributed by atoms with Crippen molar-refractivity contribution in [3.05, 3.63) is 42.0 Å². The van der Waals surface area contributed by atoms with Crippen LogP contribution in [0.15, 0.2) is 30.5 Å². The van der Waals surface area contributed by atoms with Crippen molar-refractivity contribution in [3.63, 3.8) is 0 Å². The summed E-state index contributed by atoms with van der Waals surface area (Å²) in [5, 5.41) is 7.76. The van der Waals surface area contributed by atoms with E-state index in [4.69, 9.17) is 0 Å². The van der Waals surface area contributed by atoms with Gasteiger partial charge in [0.1, 0.15) is 5.82 Å². The summed E-state index contributed by atoms with van der Waals surface area (Å²) in [5.41, 5.74) is 3.14. The highest BCUT2D eigenvalue weighted by molar-refractivity contribution is 5.52. The number of halogens is 1. The SMILES string of the molecule is Cc1c(N2CCNCC2)cnn1-c1ccc(F)cc1. The Kier molecular flexibility index (Phi) is 3.21. The predicted molar refractivity (Wildman–Crippen MR) is 73.3 cm³/mol. The Balaban J connectivity index is 1.91. The van der Waals surface area contributed by atoms with Crippen LogP contribution in [0, 0.1) is 12.7 Å². The first-order valence-corrected chi connectivity index (χ1v) is 6.52. The summed E-state index contributed by atoms with van der Waals surface area (Å²) in [5.74, 6) is -0.226. The number of rotatable bonds is 2. The van der Waals surface area contributed by atoms with E-state index in [0.29, 0.717) is 0 Å². The Morgan fingerprint density at radius 1 is 1.16 bits per heavy atom. The molecule has 0 bridgehead atoms. The van der Waals surface area contributed by atoms with Crippen LogP contribution in [0.5, 0.6) is 0 Å². The van der Waals surface area contributed by atoms with Gasteiger partial charge < -0.3 is 10.2 Å². The number of nitrogens with one attached hydrogen (secondary N) is 1. The molecule has 0 saturated carbocycles.